The van der Waals surface area contributed by atoms with E-state index in [0.717, 1.165) is 29.9 Å². The third-order valence-corrected chi connectivity index (χ3v) is 4.84. The molecule has 6 heteroatoms. The summed E-state index contributed by atoms with van der Waals surface area (Å²) in [7, 11) is 1.58. The van der Waals surface area contributed by atoms with Crippen molar-refractivity contribution < 1.29 is 14.6 Å². The van der Waals surface area contributed by atoms with Crippen molar-refractivity contribution in [3.05, 3.63) is 23.9 Å². The lowest BCUT2D eigenvalue weighted by atomic mass is 9.75. The Hall–Kier alpha value is -1.27. The summed E-state index contributed by atoms with van der Waals surface area (Å²) in [6, 6.07) is 3.65. The van der Waals surface area contributed by atoms with E-state index in [1.165, 1.54) is 0 Å². The fourth-order valence-electron chi connectivity index (χ4n) is 2.63. The number of rotatable bonds is 8. The maximum atomic E-state index is 12.1. The topological polar surface area (TPSA) is 71.5 Å². The summed E-state index contributed by atoms with van der Waals surface area (Å²) in [5.41, 5.74) is 0.967. The van der Waals surface area contributed by atoms with Crippen molar-refractivity contribution in [2.75, 3.05) is 18.6 Å². The number of carbonyl (C=O) groups excluding carboxylic acids is 1. The number of thioether (sulfide) groups is 1. The molecule has 0 bridgehead atoms. The average Bonchev–Trinajstić information content (AvgIpc) is 2.50. The minimum Gasteiger partial charge on any atom is -0.481 e. The molecule has 1 aromatic rings. The smallest absolute Gasteiger partial charge is 0.221 e. The molecule has 0 saturated heterocycles. The van der Waals surface area contributed by atoms with Gasteiger partial charge in [-0.15, -0.1) is 0 Å². The van der Waals surface area contributed by atoms with Crippen molar-refractivity contribution in [3.63, 3.8) is 0 Å². The number of hydrogen-bond donors (Lipinski definition) is 2. The predicted molar refractivity (Wildman–Crippen MR) is 88.0 cm³/mol. The Labute approximate surface area is 135 Å². The van der Waals surface area contributed by atoms with Crippen LogP contribution in [-0.2, 0) is 4.79 Å². The summed E-state index contributed by atoms with van der Waals surface area (Å²) >= 11 is 1.76. The van der Waals surface area contributed by atoms with Crippen LogP contribution in [0.25, 0.3) is 0 Å². The van der Waals surface area contributed by atoms with Crippen LogP contribution >= 0.6 is 11.8 Å². The Morgan fingerprint density at radius 2 is 2.32 bits per heavy atom. The standard InChI is InChI=1S/C16H24N2O3S/c1-3-22-7-6-14(20)18-16(12-8-13(19)9-12)11-4-5-15(21-2)17-10-11/h4-5,10,12-13,16,19H,3,6-9H2,1-2H3,(H,18,20). The van der Waals surface area contributed by atoms with Crippen LogP contribution in [-0.4, -0.2) is 40.7 Å². The van der Waals surface area contributed by atoms with Gasteiger partial charge >= 0.3 is 0 Å². The highest BCUT2D eigenvalue weighted by Gasteiger charge is 2.35. The van der Waals surface area contributed by atoms with Crippen LogP contribution in [0.5, 0.6) is 5.88 Å². The number of nitrogens with zero attached hydrogens (tertiary/aromatic N) is 1. The van der Waals surface area contributed by atoms with Gasteiger partial charge in [-0.1, -0.05) is 13.0 Å². The Morgan fingerprint density at radius 3 is 2.86 bits per heavy atom. The van der Waals surface area contributed by atoms with Gasteiger partial charge in [0, 0.05) is 24.4 Å². The lowest BCUT2D eigenvalue weighted by molar-refractivity contribution is -0.122. The first-order valence-corrected chi connectivity index (χ1v) is 8.84. The summed E-state index contributed by atoms with van der Waals surface area (Å²) < 4.78 is 5.07. The van der Waals surface area contributed by atoms with E-state index < -0.39 is 0 Å². The Bertz CT molecular complexity index is 475. The number of amides is 1. The summed E-state index contributed by atoms with van der Waals surface area (Å²) in [5.74, 6) is 2.75. The third kappa shape index (κ3) is 4.61. The lowest BCUT2D eigenvalue weighted by Gasteiger charge is -2.38. The zero-order valence-electron chi connectivity index (χ0n) is 13.1. The number of methoxy groups -OCH3 is 1. The number of hydrogen-bond acceptors (Lipinski definition) is 5. The number of aliphatic hydroxyl groups is 1. The minimum atomic E-state index is -0.244. The van der Waals surface area contributed by atoms with Gasteiger partial charge in [-0.05, 0) is 30.1 Å². The molecule has 1 unspecified atom stereocenters. The molecule has 1 aliphatic carbocycles. The Balaban J connectivity index is 2.00. The van der Waals surface area contributed by atoms with Crippen molar-refractivity contribution in [1.29, 1.82) is 0 Å². The highest BCUT2D eigenvalue weighted by Crippen LogP contribution is 2.38. The molecule has 22 heavy (non-hydrogen) atoms. The summed E-state index contributed by atoms with van der Waals surface area (Å²) in [4.78, 5) is 16.3. The molecule has 0 aliphatic heterocycles. The molecule has 1 heterocycles. The first-order chi connectivity index (χ1) is 10.6. The van der Waals surface area contributed by atoms with Crippen LogP contribution in [0.2, 0.25) is 0 Å². The number of carbonyl (C=O) groups is 1. The fraction of sp³-hybridized carbons (Fsp3) is 0.625. The molecule has 2 rings (SSSR count). The van der Waals surface area contributed by atoms with Crippen LogP contribution < -0.4 is 10.1 Å². The lowest BCUT2D eigenvalue weighted by Crippen LogP contribution is -2.41. The van der Waals surface area contributed by atoms with E-state index in [2.05, 4.69) is 17.2 Å². The molecule has 1 atom stereocenters. The summed E-state index contributed by atoms with van der Waals surface area (Å²) in [6.45, 7) is 2.09. The second-order valence-corrected chi connectivity index (χ2v) is 6.91. The molecule has 0 spiro atoms. The molecule has 0 radical (unpaired) electrons. The van der Waals surface area contributed by atoms with Crippen LogP contribution in [0.1, 0.15) is 37.8 Å². The van der Waals surface area contributed by atoms with Gasteiger partial charge in [-0.25, -0.2) is 4.98 Å². The highest BCUT2D eigenvalue weighted by atomic mass is 32.2. The molecule has 1 aromatic heterocycles. The Morgan fingerprint density at radius 1 is 1.55 bits per heavy atom. The maximum Gasteiger partial charge on any atom is 0.221 e. The zero-order valence-corrected chi connectivity index (χ0v) is 13.9. The maximum absolute atomic E-state index is 12.1. The fourth-order valence-corrected chi connectivity index (χ4v) is 3.25. The van der Waals surface area contributed by atoms with Gasteiger partial charge in [0.05, 0.1) is 19.3 Å². The van der Waals surface area contributed by atoms with Gasteiger partial charge < -0.3 is 15.2 Å². The predicted octanol–water partition coefficient (Wildman–Crippen LogP) is 2.16. The molecule has 5 nitrogen and oxygen atoms in total. The number of aromatic nitrogens is 1. The van der Waals surface area contributed by atoms with Crippen LogP contribution in [0.15, 0.2) is 18.3 Å². The van der Waals surface area contributed by atoms with Gasteiger partial charge in [-0.3, -0.25) is 4.79 Å². The van der Waals surface area contributed by atoms with E-state index in [4.69, 9.17) is 4.74 Å². The van der Waals surface area contributed by atoms with Crippen molar-refractivity contribution >= 4 is 17.7 Å². The molecule has 1 saturated carbocycles. The van der Waals surface area contributed by atoms with Crippen LogP contribution in [0, 0.1) is 5.92 Å². The first-order valence-electron chi connectivity index (χ1n) is 7.69. The summed E-state index contributed by atoms with van der Waals surface area (Å²) in [5, 5.41) is 12.7. The van der Waals surface area contributed by atoms with E-state index in [1.54, 1.807) is 31.1 Å². The van der Waals surface area contributed by atoms with E-state index in [1.807, 2.05) is 6.07 Å². The molecule has 2 N–H and O–H groups in total. The van der Waals surface area contributed by atoms with Crippen molar-refractivity contribution in [2.24, 2.45) is 5.92 Å². The van der Waals surface area contributed by atoms with E-state index in [0.29, 0.717) is 12.3 Å². The van der Waals surface area contributed by atoms with Gasteiger partial charge in [0.2, 0.25) is 11.8 Å². The van der Waals surface area contributed by atoms with Gasteiger partial charge in [0.25, 0.3) is 0 Å². The molecule has 1 fully saturated rings. The van der Waals surface area contributed by atoms with Crippen molar-refractivity contribution in [3.8, 4) is 5.88 Å². The quantitative estimate of drug-likeness (QED) is 0.717. The molecular weight excluding hydrogens is 300 g/mol. The zero-order chi connectivity index (χ0) is 15.9. The van der Waals surface area contributed by atoms with Crippen LogP contribution in [0.3, 0.4) is 0 Å². The second-order valence-electron chi connectivity index (χ2n) is 5.51. The van der Waals surface area contributed by atoms with Gasteiger partial charge in [0.1, 0.15) is 0 Å². The number of nitrogens with one attached hydrogen (secondary N) is 1. The Kier molecular flexibility index (Phi) is 6.51. The molecule has 0 aromatic carbocycles. The second kappa shape index (κ2) is 8.39. The number of ether oxygens (including phenoxy) is 1. The average molecular weight is 324 g/mol. The molecule has 1 amide bonds. The SMILES string of the molecule is CCSCCC(=O)NC(c1ccc(OC)nc1)C1CC(O)C1. The molecule has 122 valence electrons. The summed E-state index contributed by atoms with van der Waals surface area (Å²) in [6.07, 6.45) is 3.47. The number of pyridine rings is 1. The van der Waals surface area contributed by atoms with E-state index >= 15 is 0 Å². The van der Waals surface area contributed by atoms with Crippen molar-refractivity contribution in [2.45, 2.75) is 38.3 Å². The van der Waals surface area contributed by atoms with Gasteiger partial charge in [0.15, 0.2) is 0 Å². The minimum absolute atomic E-state index is 0.0585. The number of aliphatic hydroxyl groups excluding tert-OH is 1. The third-order valence-electron chi connectivity index (χ3n) is 3.94. The monoisotopic (exact) mass is 324 g/mol. The molecule has 1 aliphatic rings. The molecular formula is C16H24N2O3S. The first kappa shape index (κ1) is 17.1. The highest BCUT2D eigenvalue weighted by molar-refractivity contribution is 7.99. The van der Waals surface area contributed by atoms with E-state index in [-0.39, 0.29) is 24.0 Å². The van der Waals surface area contributed by atoms with Gasteiger partial charge in [-0.2, -0.15) is 11.8 Å². The normalized spacial score (nSPS) is 21.8. The largest absolute Gasteiger partial charge is 0.481 e. The van der Waals surface area contributed by atoms with Crippen molar-refractivity contribution in [1.82, 2.24) is 10.3 Å². The van der Waals surface area contributed by atoms with Crippen LogP contribution in [0.4, 0.5) is 0 Å². The van der Waals surface area contributed by atoms with E-state index in [9.17, 15) is 9.90 Å².